The van der Waals surface area contributed by atoms with Crippen LogP contribution in [0.15, 0.2) is 0 Å². The van der Waals surface area contributed by atoms with Crippen molar-refractivity contribution in [3.05, 3.63) is 0 Å². The molecule has 1 nitrogen and oxygen atoms in total. The summed E-state index contributed by atoms with van der Waals surface area (Å²) in [7, 11) is 0. The number of hydrogen-bond acceptors (Lipinski definition) is 1. The van der Waals surface area contributed by atoms with Gasteiger partial charge in [-0.05, 0) is 37.6 Å². The zero-order chi connectivity index (χ0) is 12.4. The van der Waals surface area contributed by atoms with Crippen LogP contribution >= 0.6 is 0 Å². The highest BCUT2D eigenvalue weighted by atomic mass is 14.9. The van der Waals surface area contributed by atoms with Crippen LogP contribution in [0.1, 0.15) is 73.1 Å². The molecule has 0 aromatic rings. The Morgan fingerprint density at radius 3 is 1.69 bits per heavy atom. The SMILES string of the molecule is CCCC(C)C(NCC)C(CCC)CCC. The van der Waals surface area contributed by atoms with Crippen molar-refractivity contribution in [2.75, 3.05) is 6.54 Å². The van der Waals surface area contributed by atoms with Crippen molar-refractivity contribution in [3.63, 3.8) is 0 Å². The van der Waals surface area contributed by atoms with Gasteiger partial charge in [-0.25, -0.2) is 0 Å². The summed E-state index contributed by atoms with van der Waals surface area (Å²) in [4.78, 5) is 0. The van der Waals surface area contributed by atoms with Crippen molar-refractivity contribution in [2.45, 2.75) is 79.2 Å². The van der Waals surface area contributed by atoms with Crippen LogP contribution in [-0.2, 0) is 0 Å². The van der Waals surface area contributed by atoms with Gasteiger partial charge in [0.1, 0.15) is 0 Å². The predicted molar refractivity (Wildman–Crippen MR) is 74.8 cm³/mol. The third kappa shape index (κ3) is 5.89. The lowest BCUT2D eigenvalue weighted by molar-refractivity contribution is 0.235. The third-order valence-electron chi connectivity index (χ3n) is 3.62. The maximum absolute atomic E-state index is 3.74. The van der Waals surface area contributed by atoms with Crippen LogP contribution in [0.4, 0.5) is 0 Å². The molecular weight excluding hydrogens is 194 g/mol. The monoisotopic (exact) mass is 227 g/mol. The quantitative estimate of drug-likeness (QED) is 0.574. The fourth-order valence-electron chi connectivity index (χ4n) is 2.95. The predicted octanol–water partition coefficient (Wildman–Crippen LogP) is 4.62. The van der Waals surface area contributed by atoms with Gasteiger partial charge in [0.05, 0.1) is 0 Å². The van der Waals surface area contributed by atoms with E-state index in [1.807, 2.05) is 0 Å². The van der Waals surface area contributed by atoms with E-state index in [9.17, 15) is 0 Å². The number of hydrogen-bond donors (Lipinski definition) is 1. The smallest absolute Gasteiger partial charge is 0.0121 e. The molecule has 2 unspecified atom stereocenters. The third-order valence-corrected chi connectivity index (χ3v) is 3.62. The van der Waals surface area contributed by atoms with Crippen molar-refractivity contribution in [1.29, 1.82) is 0 Å². The molecule has 0 radical (unpaired) electrons. The van der Waals surface area contributed by atoms with Gasteiger partial charge in [-0.1, -0.05) is 53.9 Å². The van der Waals surface area contributed by atoms with Gasteiger partial charge in [0.25, 0.3) is 0 Å². The van der Waals surface area contributed by atoms with Crippen LogP contribution < -0.4 is 5.32 Å². The van der Waals surface area contributed by atoms with E-state index in [4.69, 9.17) is 0 Å². The molecule has 0 rings (SSSR count). The summed E-state index contributed by atoms with van der Waals surface area (Å²) in [6, 6.07) is 0.741. The number of rotatable bonds is 10. The first-order valence-electron chi connectivity index (χ1n) is 7.44. The molecular formula is C15H33N. The molecule has 0 saturated carbocycles. The van der Waals surface area contributed by atoms with Crippen LogP contribution in [-0.4, -0.2) is 12.6 Å². The highest BCUT2D eigenvalue weighted by molar-refractivity contribution is 4.80. The van der Waals surface area contributed by atoms with E-state index in [1.165, 1.54) is 38.5 Å². The van der Waals surface area contributed by atoms with E-state index in [0.29, 0.717) is 0 Å². The lowest BCUT2D eigenvalue weighted by atomic mass is 9.81. The molecule has 0 heterocycles. The molecule has 0 saturated heterocycles. The molecule has 1 N–H and O–H groups in total. The van der Waals surface area contributed by atoms with Gasteiger partial charge in [-0.2, -0.15) is 0 Å². The summed E-state index contributed by atoms with van der Waals surface area (Å²) in [6.07, 6.45) is 8.10. The van der Waals surface area contributed by atoms with Crippen molar-refractivity contribution in [1.82, 2.24) is 5.32 Å². The Balaban J connectivity index is 4.40. The molecule has 0 aliphatic carbocycles. The molecule has 2 atom stereocenters. The van der Waals surface area contributed by atoms with E-state index in [0.717, 1.165) is 24.4 Å². The van der Waals surface area contributed by atoms with Gasteiger partial charge in [-0.3, -0.25) is 0 Å². The van der Waals surface area contributed by atoms with Gasteiger partial charge >= 0.3 is 0 Å². The van der Waals surface area contributed by atoms with E-state index < -0.39 is 0 Å². The zero-order valence-corrected chi connectivity index (χ0v) is 12.2. The lowest BCUT2D eigenvalue weighted by Gasteiger charge is -2.32. The second kappa shape index (κ2) is 10.1. The largest absolute Gasteiger partial charge is 0.314 e. The van der Waals surface area contributed by atoms with Crippen LogP contribution in [0, 0.1) is 11.8 Å². The second-order valence-corrected chi connectivity index (χ2v) is 5.19. The maximum atomic E-state index is 3.74. The Kier molecular flexibility index (Phi) is 10.1. The highest BCUT2D eigenvalue weighted by Crippen LogP contribution is 2.25. The highest BCUT2D eigenvalue weighted by Gasteiger charge is 2.24. The minimum atomic E-state index is 0.741. The van der Waals surface area contributed by atoms with Crippen molar-refractivity contribution >= 4 is 0 Å². The summed E-state index contributed by atoms with van der Waals surface area (Å²) in [5.41, 5.74) is 0. The van der Waals surface area contributed by atoms with Crippen LogP contribution in [0.2, 0.25) is 0 Å². The van der Waals surface area contributed by atoms with E-state index in [-0.39, 0.29) is 0 Å². The average molecular weight is 227 g/mol. The first-order chi connectivity index (χ1) is 7.71. The molecule has 0 aliphatic heterocycles. The van der Waals surface area contributed by atoms with Gasteiger partial charge in [-0.15, -0.1) is 0 Å². The Morgan fingerprint density at radius 2 is 1.31 bits per heavy atom. The molecule has 16 heavy (non-hydrogen) atoms. The summed E-state index contributed by atoms with van der Waals surface area (Å²) in [5.74, 6) is 1.71. The van der Waals surface area contributed by atoms with Crippen molar-refractivity contribution < 1.29 is 0 Å². The maximum Gasteiger partial charge on any atom is 0.0121 e. The first kappa shape index (κ1) is 16.0. The molecule has 0 aromatic carbocycles. The summed E-state index contributed by atoms with van der Waals surface area (Å²) in [6.45, 7) is 12.7. The molecule has 0 bridgehead atoms. The van der Waals surface area contributed by atoms with Gasteiger partial charge in [0.15, 0.2) is 0 Å². The van der Waals surface area contributed by atoms with E-state index >= 15 is 0 Å². The van der Waals surface area contributed by atoms with Crippen molar-refractivity contribution in [2.24, 2.45) is 11.8 Å². The molecule has 0 aliphatic rings. The molecule has 98 valence electrons. The standard InChI is InChI=1S/C15H33N/c1-6-10-13(5)15(16-9-4)14(11-7-2)12-8-3/h13-16H,6-12H2,1-5H3. The molecule has 1 heteroatoms. The Morgan fingerprint density at radius 1 is 0.812 bits per heavy atom. The average Bonchev–Trinajstić information content (AvgIpc) is 2.26. The van der Waals surface area contributed by atoms with Crippen LogP contribution in [0.5, 0.6) is 0 Å². The Hall–Kier alpha value is -0.0400. The topological polar surface area (TPSA) is 12.0 Å². The minimum Gasteiger partial charge on any atom is -0.314 e. The second-order valence-electron chi connectivity index (χ2n) is 5.19. The zero-order valence-electron chi connectivity index (χ0n) is 12.2. The molecule has 0 fully saturated rings. The Labute approximate surface area is 103 Å². The Bertz CT molecular complexity index is 138. The lowest BCUT2D eigenvalue weighted by Crippen LogP contribution is -2.41. The van der Waals surface area contributed by atoms with Crippen LogP contribution in [0.3, 0.4) is 0 Å². The molecule has 0 amide bonds. The fraction of sp³-hybridized carbons (Fsp3) is 1.00. The fourth-order valence-corrected chi connectivity index (χ4v) is 2.95. The number of nitrogens with one attached hydrogen (secondary N) is 1. The summed E-state index contributed by atoms with van der Waals surface area (Å²) >= 11 is 0. The first-order valence-corrected chi connectivity index (χ1v) is 7.44. The molecule has 0 spiro atoms. The van der Waals surface area contributed by atoms with E-state index in [1.54, 1.807) is 0 Å². The van der Waals surface area contributed by atoms with Gasteiger partial charge in [0.2, 0.25) is 0 Å². The van der Waals surface area contributed by atoms with Gasteiger partial charge in [0, 0.05) is 6.04 Å². The van der Waals surface area contributed by atoms with Crippen LogP contribution in [0.25, 0.3) is 0 Å². The van der Waals surface area contributed by atoms with Crippen molar-refractivity contribution in [3.8, 4) is 0 Å². The van der Waals surface area contributed by atoms with E-state index in [2.05, 4.69) is 39.9 Å². The molecule has 0 aromatic heterocycles. The summed E-state index contributed by atoms with van der Waals surface area (Å²) in [5, 5.41) is 3.74. The normalized spacial score (nSPS) is 15.4. The minimum absolute atomic E-state index is 0.741. The summed E-state index contributed by atoms with van der Waals surface area (Å²) < 4.78 is 0. The van der Waals surface area contributed by atoms with Gasteiger partial charge < -0.3 is 5.32 Å².